The number of rotatable bonds is 7. The predicted octanol–water partition coefficient (Wildman–Crippen LogP) is 3.89. The lowest BCUT2D eigenvalue weighted by Gasteiger charge is -2.38. The van der Waals surface area contributed by atoms with Gasteiger partial charge in [0.1, 0.15) is 11.4 Å². The zero-order chi connectivity index (χ0) is 25.4. The number of hydrogen-bond donors (Lipinski definition) is 4. The number of halogens is 4. The summed E-state index contributed by atoms with van der Waals surface area (Å²) in [5.41, 5.74) is 5.82. The second-order valence-corrected chi connectivity index (χ2v) is 8.80. The average molecular weight is 490 g/mol. The number of aromatic nitrogens is 3. The Morgan fingerprint density at radius 2 is 2.03 bits per heavy atom. The molecule has 2 atom stereocenters. The molecule has 186 valence electrons. The first kappa shape index (κ1) is 24.8. The quantitative estimate of drug-likeness (QED) is 0.377. The minimum Gasteiger partial charge on any atom is -0.360 e. The van der Waals surface area contributed by atoms with Crippen molar-refractivity contribution in [2.24, 2.45) is 5.73 Å². The number of nitrogens with zero attached hydrogens (tertiary/aromatic N) is 3. The Kier molecular flexibility index (Phi) is 6.67. The number of nitrogens with two attached hydrogens (primary N) is 1. The van der Waals surface area contributed by atoms with Gasteiger partial charge in [0, 0.05) is 40.6 Å². The van der Waals surface area contributed by atoms with E-state index < -0.39 is 29.1 Å². The summed E-state index contributed by atoms with van der Waals surface area (Å²) in [6.45, 7) is 0.815. The molecule has 0 bridgehead atoms. The lowest BCUT2D eigenvalue weighted by Crippen LogP contribution is -2.57. The highest BCUT2D eigenvalue weighted by molar-refractivity contribution is 5.95. The molecular formula is C24H27F4N7. The zero-order valence-electron chi connectivity index (χ0n) is 19.5. The van der Waals surface area contributed by atoms with E-state index in [1.807, 2.05) is 33.3 Å². The molecule has 7 nitrogen and oxygen atoms in total. The molecule has 0 saturated heterocycles. The molecular weight excluding hydrogens is 462 g/mol. The predicted molar refractivity (Wildman–Crippen MR) is 128 cm³/mol. The van der Waals surface area contributed by atoms with Gasteiger partial charge in [-0.25, -0.2) is 14.4 Å². The van der Waals surface area contributed by atoms with Crippen molar-refractivity contribution in [3.05, 3.63) is 65.9 Å². The summed E-state index contributed by atoms with van der Waals surface area (Å²) in [5.74, 6) is -0.514. The molecule has 1 aromatic carbocycles. The van der Waals surface area contributed by atoms with Crippen LogP contribution in [-0.4, -0.2) is 59.1 Å². The van der Waals surface area contributed by atoms with Crippen LogP contribution in [0.15, 0.2) is 54.5 Å². The topological polar surface area (TPSA) is 94.9 Å². The van der Waals surface area contributed by atoms with Gasteiger partial charge in [-0.05, 0) is 64.5 Å². The summed E-state index contributed by atoms with van der Waals surface area (Å²) in [5, 5.41) is 6.67. The molecule has 3 aromatic rings. The van der Waals surface area contributed by atoms with Crippen LogP contribution in [0.4, 0.5) is 23.5 Å². The van der Waals surface area contributed by atoms with Gasteiger partial charge in [0.15, 0.2) is 0 Å². The van der Waals surface area contributed by atoms with Crippen molar-refractivity contribution >= 4 is 16.9 Å². The van der Waals surface area contributed by atoms with Gasteiger partial charge >= 0.3 is 6.18 Å². The molecule has 0 amide bonds. The fraction of sp³-hybridized carbons (Fsp3) is 0.333. The standard InChI is InChI=1S/C24H27F4N7/c1-30-23(8-9-35(2)3)7-6-15(11-20(23)29)33-22-32-13-18(24(26,27)28)21(34-22)17-12-31-19-10-14(25)4-5-16(17)19/h4-7,10-13,20,30-31H,8-9,29H2,1-3H3,(H,32,33,34). The van der Waals surface area contributed by atoms with Crippen LogP contribution in [0.2, 0.25) is 0 Å². The molecule has 0 fully saturated rings. The molecule has 5 N–H and O–H groups in total. The lowest BCUT2D eigenvalue weighted by atomic mass is 9.83. The summed E-state index contributed by atoms with van der Waals surface area (Å²) in [4.78, 5) is 13.0. The van der Waals surface area contributed by atoms with Crippen LogP contribution in [0.1, 0.15) is 12.0 Å². The first-order chi connectivity index (χ1) is 16.5. The Labute approximate surface area is 200 Å². The third-order valence-corrected chi connectivity index (χ3v) is 6.20. The molecule has 11 heteroatoms. The number of benzene rings is 1. The molecule has 0 spiro atoms. The van der Waals surface area contributed by atoms with Crippen molar-refractivity contribution in [1.82, 2.24) is 25.2 Å². The number of allylic oxidation sites excluding steroid dienone is 1. The summed E-state index contributed by atoms with van der Waals surface area (Å²) in [7, 11) is 5.80. The van der Waals surface area contributed by atoms with Gasteiger partial charge in [-0.2, -0.15) is 13.2 Å². The maximum atomic E-state index is 13.8. The zero-order valence-corrected chi connectivity index (χ0v) is 19.5. The van der Waals surface area contributed by atoms with Crippen LogP contribution in [0.25, 0.3) is 22.2 Å². The molecule has 0 saturated carbocycles. The number of alkyl halides is 3. The Hall–Kier alpha value is -3.28. The summed E-state index contributed by atoms with van der Waals surface area (Å²) >= 11 is 0. The van der Waals surface area contributed by atoms with E-state index in [1.165, 1.54) is 24.4 Å². The van der Waals surface area contributed by atoms with Crippen molar-refractivity contribution in [2.45, 2.75) is 24.2 Å². The highest BCUT2D eigenvalue weighted by Crippen LogP contribution is 2.39. The maximum absolute atomic E-state index is 13.8. The normalized spacial score (nSPS) is 20.5. The van der Waals surface area contributed by atoms with Crippen LogP contribution in [0.5, 0.6) is 0 Å². The molecule has 2 aromatic heterocycles. The smallest absolute Gasteiger partial charge is 0.360 e. The number of nitrogens with one attached hydrogen (secondary N) is 3. The van der Waals surface area contributed by atoms with Gasteiger partial charge in [0.25, 0.3) is 0 Å². The third kappa shape index (κ3) is 5.07. The molecule has 0 radical (unpaired) electrons. The fourth-order valence-electron chi connectivity index (χ4n) is 4.14. The van der Waals surface area contributed by atoms with E-state index >= 15 is 0 Å². The van der Waals surface area contributed by atoms with Gasteiger partial charge < -0.3 is 26.3 Å². The molecule has 2 unspecified atom stereocenters. The van der Waals surface area contributed by atoms with Crippen molar-refractivity contribution in [2.75, 3.05) is 33.0 Å². The van der Waals surface area contributed by atoms with E-state index in [2.05, 4.69) is 30.5 Å². The summed E-state index contributed by atoms with van der Waals surface area (Å²) in [6.07, 6.45) is 3.76. The Morgan fingerprint density at radius 3 is 2.69 bits per heavy atom. The average Bonchev–Trinajstić information content (AvgIpc) is 3.21. The molecule has 1 aliphatic rings. The number of likely N-dealkylation sites (N-methyl/N-ethyl adjacent to an activating group) is 1. The minimum absolute atomic E-state index is 0.0159. The van der Waals surface area contributed by atoms with Crippen molar-refractivity contribution < 1.29 is 17.6 Å². The maximum Gasteiger partial charge on any atom is 0.419 e. The monoisotopic (exact) mass is 489 g/mol. The molecule has 35 heavy (non-hydrogen) atoms. The van der Waals surface area contributed by atoms with Gasteiger partial charge in [0.2, 0.25) is 5.95 Å². The molecule has 0 aliphatic heterocycles. The van der Waals surface area contributed by atoms with Crippen LogP contribution >= 0.6 is 0 Å². The Balaban J connectivity index is 1.67. The number of H-pyrrole nitrogens is 1. The third-order valence-electron chi connectivity index (χ3n) is 6.20. The summed E-state index contributed by atoms with van der Waals surface area (Å²) in [6, 6.07) is 3.44. The second-order valence-electron chi connectivity index (χ2n) is 8.80. The van der Waals surface area contributed by atoms with Crippen LogP contribution in [-0.2, 0) is 6.18 Å². The van der Waals surface area contributed by atoms with Crippen molar-refractivity contribution in [3.63, 3.8) is 0 Å². The minimum atomic E-state index is -4.68. The number of fused-ring (bicyclic) bond motifs is 1. The van der Waals surface area contributed by atoms with Crippen LogP contribution in [0, 0.1) is 5.82 Å². The van der Waals surface area contributed by atoms with Gasteiger partial charge in [0.05, 0.1) is 11.2 Å². The SMILES string of the molecule is CNC1(CCN(C)C)C=CC(Nc2ncc(C(F)(F)F)c(-c3c[nH]c4cc(F)ccc34)n2)=CC1N. The van der Waals surface area contributed by atoms with E-state index in [0.29, 0.717) is 16.6 Å². The fourth-order valence-corrected chi connectivity index (χ4v) is 4.14. The van der Waals surface area contributed by atoms with Gasteiger partial charge in [-0.15, -0.1) is 0 Å². The van der Waals surface area contributed by atoms with E-state index in [1.54, 1.807) is 6.08 Å². The molecule has 1 aliphatic carbocycles. The van der Waals surface area contributed by atoms with E-state index in [-0.39, 0.29) is 17.2 Å². The number of anilines is 1. The largest absolute Gasteiger partial charge is 0.419 e. The van der Waals surface area contributed by atoms with Gasteiger partial charge in [-0.3, -0.25) is 0 Å². The number of aromatic amines is 1. The first-order valence-corrected chi connectivity index (χ1v) is 11.0. The van der Waals surface area contributed by atoms with E-state index in [0.717, 1.165) is 19.2 Å². The second kappa shape index (κ2) is 9.40. The van der Waals surface area contributed by atoms with Crippen LogP contribution in [0.3, 0.4) is 0 Å². The Morgan fingerprint density at radius 1 is 1.26 bits per heavy atom. The van der Waals surface area contributed by atoms with Crippen molar-refractivity contribution in [3.8, 4) is 11.3 Å². The number of hydrogen-bond acceptors (Lipinski definition) is 6. The van der Waals surface area contributed by atoms with E-state index in [9.17, 15) is 17.6 Å². The molecule has 2 heterocycles. The molecule has 4 rings (SSSR count). The van der Waals surface area contributed by atoms with Crippen LogP contribution < -0.4 is 16.4 Å². The highest BCUT2D eigenvalue weighted by Gasteiger charge is 2.37. The Bertz CT molecular complexity index is 1280. The van der Waals surface area contributed by atoms with Gasteiger partial charge in [-0.1, -0.05) is 6.08 Å². The first-order valence-electron chi connectivity index (χ1n) is 11.0. The van der Waals surface area contributed by atoms with E-state index in [4.69, 9.17) is 5.73 Å². The summed E-state index contributed by atoms with van der Waals surface area (Å²) < 4.78 is 54.9. The lowest BCUT2D eigenvalue weighted by molar-refractivity contribution is -0.137. The highest BCUT2D eigenvalue weighted by atomic mass is 19.4. The van der Waals surface area contributed by atoms with Crippen molar-refractivity contribution in [1.29, 1.82) is 0 Å².